The van der Waals surface area contributed by atoms with Gasteiger partial charge in [0.2, 0.25) is 5.91 Å². The molecule has 1 amide bonds. The standard InChI is InChI=1S/C23H21F4N5O/c1-14(33)32-13-16(7-8-20(32)23(25,26)27)22-30-19(15-4-3-9-28-12-15)11-21(31-22)29-18-6-2-5-17(24)10-18/h2-6,9-12,16,20H,7-8,13H2,1H3,(H,29,30,31)/t16-,20?/m1/s1. The monoisotopic (exact) mass is 459 g/mol. The van der Waals surface area contributed by atoms with Crippen LogP contribution in [0.15, 0.2) is 54.9 Å². The van der Waals surface area contributed by atoms with E-state index in [1.54, 1.807) is 42.7 Å². The van der Waals surface area contributed by atoms with Gasteiger partial charge >= 0.3 is 6.18 Å². The second-order valence-corrected chi connectivity index (χ2v) is 7.88. The summed E-state index contributed by atoms with van der Waals surface area (Å²) in [5, 5.41) is 3.03. The molecule has 0 radical (unpaired) electrons. The van der Waals surface area contributed by atoms with E-state index in [0.717, 1.165) is 11.8 Å². The van der Waals surface area contributed by atoms with Crippen LogP contribution in [0, 0.1) is 5.82 Å². The van der Waals surface area contributed by atoms with Crippen LogP contribution in [-0.4, -0.2) is 44.5 Å². The first-order valence-electron chi connectivity index (χ1n) is 10.4. The maximum absolute atomic E-state index is 13.6. The predicted molar refractivity (Wildman–Crippen MR) is 114 cm³/mol. The Morgan fingerprint density at radius 2 is 1.94 bits per heavy atom. The molecule has 0 bridgehead atoms. The van der Waals surface area contributed by atoms with Crippen LogP contribution in [0.2, 0.25) is 0 Å². The summed E-state index contributed by atoms with van der Waals surface area (Å²) >= 11 is 0. The SMILES string of the molecule is CC(=O)N1C[C@H](c2nc(Nc3cccc(F)c3)cc(-c3cccnc3)n2)CCC1C(F)(F)F. The van der Waals surface area contributed by atoms with E-state index in [0.29, 0.717) is 28.6 Å². The number of amides is 1. The Morgan fingerprint density at radius 3 is 2.61 bits per heavy atom. The van der Waals surface area contributed by atoms with Crippen molar-refractivity contribution in [1.82, 2.24) is 19.9 Å². The summed E-state index contributed by atoms with van der Waals surface area (Å²) in [4.78, 5) is 26.0. The number of pyridine rings is 1. The van der Waals surface area contributed by atoms with Crippen molar-refractivity contribution in [2.45, 2.75) is 37.9 Å². The summed E-state index contributed by atoms with van der Waals surface area (Å²) in [5.74, 6) is -0.899. The number of carbonyl (C=O) groups excluding carboxylic acids is 1. The highest BCUT2D eigenvalue weighted by atomic mass is 19.4. The van der Waals surface area contributed by atoms with Crippen LogP contribution in [0.25, 0.3) is 11.3 Å². The summed E-state index contributed by atoms with van der Waals surface area (Å²) in [6.45, 7) is 0.986. The third-order valence-electron chi connectivity index (χ3n) is 5.53. The van der Waals surface area contributed by atoms with Gasteiger partial charge in [-0.1, -0.05) is 6.07 Å². The van der Waals surface area contributed by atoms with Crippen LogP contribution in [0.3, 0.4) is 0 Å². The number of likely N-dealkylation sites (tertiary alicyclic amines) is 1. The number of benzene rings is 1. The number of nitrogens with zero attached hydrogens (tertiary/aromatic N) is 4. The fourth-order valence-electron chi connectivity index (χ4n) is 3.96. The van der Waals surface area contributed by atoms with E-state index in [9.17, 15) is 22.4 Å². The maximum Gasteiger partial charge on any atom is 0.408 e. The summed E-state index contributed by atoms with van der Waals surface area (Å²) in [6.07, 6.45) is -1.34. The molecule has 33 heavy (non-hydrogen) atoms. The van der Waals surface area contributed by atoms with E-state index >= 15 is 0 Å². The second kappa shape index (κ2) is 9.13. The fourth-order valence-corrected chi connectivity index (χ4v) is 3.96. The zero-order valence-corrected chi connectivity index (χ0v) is 17.7. The van der Waals surface area contributed by atoms with Crippen molar-refractivity contribution in [1.29, 1.82) is 0 Å². The highest BCUT2D eigenvalue weighted by Crippen LogP contribution is 2.37. The molecule has 1 N–H and O–H groups in total. The van der Waals surface area contributed by atoms with E-state index < -0.39 is 29.9 Å². The van der Waals surface area contributed by atoms with Gasteiger partial charge in [-0.15, -0.1) is 0 Å². The van der Waals surface area contributed by atoms with Crippen LogP contribution in [0.1, 0.15) is 31.5 Å². The summed E-state index contributed by atoms with van der Waals surface area (Å²) in [7, 11) is 0. The van der Waals surface area contributed by atoms with Gasteiger partial charge in [0.15, 0.2) is 0 Å². The van der Waals surface area contributed by atoms with E-state index in [1.165, 1.54) is 12.1 Å². The third kappa shape index (κ3) is 5.27. The summed E-state index contributed by atoms with van der Waals surface area (Å²) < 4.78 is 53.9. The Kier molecular flexibility index (Phi) is 6.26. The number of alkyl halides is 3. The highest BCUT2D eigenvalue weighted by Gasteiger charge is 2.47. The molecule has 1 fully saturated rings. The van der Waals surface area contributed by atoms with Gasteiger partial charge in [-0.05, 0) is 43.2 Å². The molecule has 10 heteroatoms. The highest BCUT2D eigenvalue weighted by molar-refractivity contribution is 5.74. The van der Waals surface area contributed by atoms with Crippen molar-refractivity contribution in [3.8, 4) is 11.3 Å². The molecule has 6 nitrogen and oxygen atoms in total. The molecule has 1 aromatic carbocycles. The first-order valence-corrected chi connectivity index (χ1v) is 10.4. The first kappa shape index (κ1) is 22.6. The van der Waals surface area contributed by atoms with Crippen molar-refractivity contribution in [2.24, 2.45) is 0 Å². The molecule has 4 rings (SSSR count). The zero-order valence-electron chi connectivity index (χ0n) is 17.7. The Labute approximate surface area is 187 Å². The van der Waals surface area contributed by atoms with Crippen LogP contribution in [0.5, 0.6) is 0 Å². The number of hydrogen-bond acceptors (Lipinski definition) is 5. The second-order valence-electron chi connectivity index (χ2n) is 7.88. The quantitative estimate of drug-likeness (QED) is 0.551. The van der Waals surface area contributed by atoms with Crippen LogP contribution < -0.4 is 5.32 Å². The molecule has 0 saturated carbocycles. The number of nitrogens with one attached hydrogen (secondary N) is 1. The number of hydrogen-bond donors (Lipinski definition) is 1. The first-order chi connectivity index (χ1) is 15.7. The molecular formula is C23H21F4N5O. The average Bonchev–Trinajstić information content (AvgIpc) is 2.78. The van der Waals surface area contributed by atoms with Gasteiger partial charge in [0.05, 0.1) is 5.69 Å². The molecule has 2 aromatic heterocycles. The molecule has 172 valence electrons. The van der Waals surface area contributed by atoms with Crippen LogP contribution in [-0.2, 0) is 4.79 Å². The fraction of sp³-hybridized carbons (Fsp3) is 0.304. The minimum atomic E-state index is -4.50. The number of rotatable bonds is 4. The van der Waals surface area contributed by atoms with Crippen molar-refractivity contribution >= 4 is 17.4 Å². The number of aromatic nitrogens is 3. The Morgan fingerprint density at radius 1 is 1.12 bits per heavy atom. The molecule has 1 aliphatic rings. The minimum Gasteiger partial charge on any atom is -0.340 e. The molecule has 0 aliphatic carbocycles. The summed E-state index contributed by atoms with van der Waals surface area (Å²) in [5.41, 5.74) is 1.66. The van der Waals surface area contributed by atoms with E-state index in [1.807, 2.05) is 0 Å². The molecule has 3 heterocycles. The Hall–Kier alpha value is -3.56. The molecule has 1 saturated heterocycles. The molecule has 2 atom stereocenters. The number of anilines is 2. The Bertz CT molecular complexity index is 1140. The van der Waals surface area contributed by atoms with E-state index in [-0.39, 0.29) is 19.4 Å². The van der Waals surface area contributed by atoms with Crippen molar-refractivity contribution in [3.63, 3.8) is 0 Å². The normalized spacial score (nSPS) is 18.8. The van der Waals surface area contributed by atoms with Crippen LogP contribution >= 0.6 is 0 Å². The number of halogens is 4. The molecular weight excluding hydrogens is 438 g/mol. The Balaban J connectivity index is 1.70. The zero-order chi connectivity index (χ0) is 23.6. The van der Waals surface area contributed by atoms with Crippen molar-refractivity contribution < 1.29 is 22.4 Å². The van der Waals surface area contributed by atoms with Crippen molar-refractivity contribution in [2.75, 3.05) is 11.9 Å². The lowest BCUT2D eigenvalue weighted by Crippen LogP contribution is -2.52. The molecule has 1 aliphatic heterocycles. The summed E-state index contributed by atoms with van der Waals surface area (Å²) in [6, 6.07) is 9.21. The lowest BCUT2D eigenvalue weighted by Gasteiger charge is -2.39. The van der Waals surface area contributed by atoms with Gasteiger partial charge < -0.3 is 10.2 Å². The van der Waals surface area contributed by atoms with Gasteiger partial charge in [0, 0.05) is 49.1 Å². The van der Waals surface area contributed by atoms with Gasteiger partial charge in [0.1, 0.15) is 23.5 Å². The van der Waals surface area contributed by atoms with E-state index in [4.69, 9.17) is 0 Å². The van der Waals surface area contributed by atoms with E-state index in [2.05, 4.69) is 20.3 Å². The molecule has 0 spiro atoms. The molecule has 3 aromatic rings. The topological polar surface area (TPSA) is 71.0 Å². The number of piperidine rings is 1. The van der Waals surface area contributed by atoms with Gasteiger partial charge in [0.25, 0.3) is 0 Å². The lowest BCUT2D eigenvalue weighted by molar-refractivity contribution is -0.196. The van der Waals surface area contributed by atoms with Gasteiger partial charge in [-0.2, -0.15) is 13.2 Å². The van der Waals surface area contributed by atoms with Gasteiger partial charge in [-0.25, -0.2) is 14.4 Å². The minimum absolute atomic E-state index is 0.143. The third-order valence-corrected chi connectivity index (χ3v) is 5.53. The largest absolute Gasteiger partial charge is 0.408 e. The smallest absolute Gasteiger partial charge is 0.340 e. The predicted octanol–water partition coefficient (Wildman–Crippen LogP) is 5.08. The molecule has 1 unspecified atom stereocenters. The maximum atomic E-state index is 13.6. The van der Waals surface area contributed by atoms with Crippen molar-refractivity contribution in [3.05, 3.63) is 66.5 Å². The van der Waals surface area contributed by atoms with Gasteiger partial charge in [-0.3, -0.25) is 9.78 Å². The average molecular weight is 459 g/mol. The van der Waals surface area contributed by atoms with Crippen LogP contribution in [0.4, 0.5) is 29.1 Å². The lowest BCUT2D eigenvalue weighted by atomic mass is 9.91. The number of carbonyl (C=O) groups is 1.